The highest BCUT2D eigenvalue weighted by atomic mass is 16.5. The van der Waals surface area contributed by atoms with Crippen molar-refractivity contribution in [2.45, 2.75) is 73.8 Å². The van der Waals surface area contributed by atoms with Crippen molar-refractivity contribution in [3.63, 3.8) is 0 Å². The molecular formula is C15H28O. The minimum atomic E-state index is 0.144. The zero-order chi connectivity index (χ0) is 12.6. The molecular weight excluding hydrogens is 196 g/mol. The summed E-state index contributed by atoms with van der Waals surface area (Å²) in [4.78, 5) is 0. The molecule has 0 saturated carbocycles. The quantitative estimate of drug-likeness (QED) is 0.646. The molecule has 0 amide bonds. The minimum absolute atomic E-state index is 0.144. The number of rotatable bonds is 2. The summed E-state index contributed by atoms with van der Waals surface area (Å²) in [5, 5.41) is 0. The lowest BCUT2D eigenvalue weighted by molar-refractivity contribution is 0.0959. The van der Waals surface area contributed by atoms with Gasteiger partial charge in [-0.05, 0) is 17.4 Å². The topological polar surface area (TPSA) is 9.23 Å². The molecule has 0 aromatic carbocycles. The van der Waals surface area contributed by atoms with Gasteiger partial charge in [-0.25, -0.2) is 0 Å². The molecule has 1 atom stereocenters. The van der Waals surface area contributed by atoms with E-state index >= 15 is 0 Å². The molecule has 1 heterocycles. The summed E-state index contributed by atoms with van der Waals surface area (Å²) in [5.74, 6) is 1.25. The summed E-state index contributed by atoms with van der Waals surface area (Å²) in [6, 6.07) is 0. The highest BCUT2D eigenvalue weighted by Crippen LogP contribution is 2.45. The van der Waals surface area contributed by atoms with E-state index in [0.29, 0.717) is 6.10 Å². The van der Waals surface area contributed by atoms with Crippen LogP contribution in [0.1, 0.15) is 67.7 Å². The fourth-order valence-electron chi connectivity index (χ4n) is 2.36. The van der Waals surface area contributed by atoms with Gasteiger partial charge >= 0.3 is 0 Å². The van der Waals surface area contributed by atoms with Crippen LogP contribution in [0.3, 0.4) is 0 Å². The maximum Gasteiger partial charge on any atom is 0.102 e. The van der Waals surface area contributed by atoms with Crippen molar-refractivity contribution in [2.75, 3.05) is 0 Å². The lowest BCUT2D eigenvalue weighted by atomic mass is 9.78. The van der Waals surface area contributed by atoms with Crippen LogP contribution in [0.15, 0.2) is 11.3 Å². The first-order chi connectivity index (χ1) is 7.16. The maximum absolute atomic E-state index is 6.19. The van der Waals surface area contributed by atoms with Gasteiger partial charge in [0.2, 0.25) is 0 Å². The molecule has 0 saturated heterocycles. The van der Waals surface area contributed by atoms with Crippen LogP contribution in [0, 0.1) is 10.8 Å². The van der Waals surface area contributed by atoms with Crippen molar-refractivity contribution in [1.29, 1.82) is 0 Å². The normalized spacial score (nSPS) is 22.6. The molecule has 1 aliphatic heterocycles. The van der Waals surface area contributed by atoms with Crippen molar-refractivity contribution in [1.82, 2.24) is 0 Å². The van der Waals surface area contributed by atoms with Crippen LogP contribution in [0.4, 0.5) is 0 Å². The number of allylic oxidation sites excluding steroid dienone is 1. The molecule has 0 fully saturated rings. The SMILES string of the molecule is CCCC1CC(C(C)(C)C)=C(C(C)(C)C)O1. The lowest BCUT2D eigenvalue weighted by Gasteiger charge is -2.27. The Morgan fingerprint density at radius 3 is 1.94 bits per heavy atom. The van der Waals surface area contributed by atoms with Gasteiger partial charge in [-0.2, -0.15) is 0 Å². The van der Waals surface area contributed by atoms with Crippen molar-refractivity contribution in [2.24, 2.45) is 10.8 Å². The fraction of sp³-hybridized carbons (Fsp3) is 0.867. The van der Waals surface area contributed by atoms with Crippen LogP contribution >= 0.6 is 0 Å². The van der Waals surface area contributed by atoms with Crippen molar-refractivity contribution >= 4 is 0 Å². The van der Waals surface area contributed by atoms with Crippen LogP contribution in [-0.4, -0.2) is 6.10 Å². The largest absolute Gasteiger partial charge is 0.494 e. The maximum atomic E-state index is 6.19. The van der Waals surface area contributed by atoms with Crippen molar-refractivity contribution < 1.29 is 4.74 Å². The summed E-state index contributed by atoms with van der Waals surface area (Å²) >= 11 is 0. The van der Waals surface area contributed by atoms with Crippen LogP contribution in [0.2, 0.25) is 0 Å². The second kappa shape index (κ2) is 4.43. The molecule has 16 heavy (non-hydrogen) atoms. The van der Waals surface area contributed by atoms with Crippen LogP contribution in [-0.2, 0) is 4.74 Å². The van der Waals surface area contributed by atoms with Gasteiger partial charge in [0.25, 0.3) is 0 Å². The zero-order valence-electron chi connectivity index (χ0n) is 12.1. The predicted molar refractivity (Wildman–Crippen MR) is 70.3 cm³/mol. The highest BCUT2D eigenvalue weighted by Gasteiger charge is 2.37. The molecule has 0 aromatic rings. The molecule has 1 heteroatoms. The second-order valence-corrected chi connectivity index (χ2v) is 7.04. The third-order valence-corrected chi connectivity index (χ3v) is 3.19. The van der Waals surface area contributed by atoms with Gasteiger partial charge in [0.1, 0.15) is 11.9 Å². The molecule has 0 N–H and O–H groups in total. The van der Waals surface area contributed by atoms with E-state index in [2.05, 4.69) is 48.5 Å². The van der Waals surface area contributed by atoms with Crippen LogP contribution < -0.4 is 0 Å². The van der Waals surface area contributed by atoms with E-state index in [4.69, 9.17) is 4.74 Å². The Hall–Kier alpha value is -0.460. The molecule has 0 spiro atoms. The van der Waals surface area contributed by atoms with Gasteiger partial charge < -0.3 is 4.74 Å². The average Bonchev–Trinajstić information content (AvgIpc) is 2.47. The Morgan fingerprint density at radius 1 is 1.06 bits per heavy atom. The van der Waals surface area contributed by atoms with E-state index in [-0.39, 0.29) is 10.8 Å². The molecule has 1 rings (SSSR count). The Morgan fingerprint density at radius 2 is 1.62 bits per heavy atom. The number of hydrogen-bond donors (Lipinski definition) is 0. The predicted octanol–water partition coefficient (Wildman–Crippen LogP) is 4.92. The third-order valence-electron chi connectivity index (χ3n) is 3.19. The number of ether oxygens (including phenoxy) is 1. The smallest absolute Gasteiger partial charge is 0.102 e. The zero-order valence-corrected chi connectivity index (χ0v) is 12.1. The second-order valence-electron chi connectivity index (χ2n) is 7.04. The van der Waals surface area contributed by atoms with Crippen LogP contribution in [0.25, 0.3) is 0 Å². The van der Waals surface area contributed by atoms with Gasteiger partial charge in [0.15, 0.2) is 0 Å². The lowest BCUT2D eigenvalue weighted by Crippen LogP contribution is -2.17. The van der Waals surface area contributed by atoms with Gasteiger partial charge in [-0.1, -0.05) is 54.9 Å². The highest BCUT2D eigenvalue weighted by molar-refractivity contribution is 5.25. The Kier molecular flexibility index (Phi) is 3.76. The average molecular weight is 224 g/mol. The summed E-state index contributed by atoms with van der Waals surface area (Å²) in [5.41, 5.74) is 1.91. The summed E-state index contributed by atoms with van der Waals surface area (Å²) in [6.07, 6.45) is 3.94. The minimum Gasteiger partial charge on any atom is -0.494 e. The Labute approximate surface area is 101 Å². The molecule has 94 valence electrons. The van der Waals surface area contributed by atoms with Crippen molar-refractivity contribution in [3.8, 4) is 0 Å². The van der Waals surface area contributed by atoms with Gasteiger partial charge in [0.05, 0.1) is 0 Å². The van der Waals surface area contributed by atoms with Gasteiger partial charge in [-0.15, -0.1) is 0 Å². The molecule has 0 bridgehead atoms. The Bertz CT molecular complexity index is 247. The van der Waals surface area contributed by atoms with Gasteiger partial charge in [0, 0.05) is 11.8 Å². The van der Waals surface area contributed by atoms with E-state index in [1.807, 2.05) is 0 Å². The van der Waals surface area contributed by atoms with Gasteiger partial charge in [-0.3, -0.25) is 0 Å². The summed E-state index contributed by atoms with van der Waals surface area (Å²) in [7, 11) is 0. The van der Waals surface area contributed by atoms with E-state index in [1.165, 1.54) is 24.2 Å². The first kappa shape index (κ1) is 13.6. The van der Waals surface area contributed by atoms with E-state index in [9.17, 15) is 0 Å². The van der Waals surface area contributed by atoms with E-state index < -0.39 is 0 Å². The molecule has 0 radical (unpaired) electrons. The summed E-state index contributed by atoms with van der Waals surface area (Å²) in [6.45, 7) is 15.9. The molecule has 1 nitrogen and oxygen atoms in total. The molecule has 0 aromatic heterocycles. The number of hydrogen-bond acceptors (Lipinski definition) is 1. The van der Waals surface area contributed by atoms with E-state index in [1.54, 1.807) is 0 Å². The van der Waals surface area contributed by atoms with Crippen molar-refractivity contribution in [3.05, 3.63) is 11.3 Å². The molecule has 1 unspecified atom stereocenters. The van der Waals surface area contributed by atoms with E-state index in [0.717, 1.165) is 6.42 Å². The first-order valence-electron chi connectivity index (χ1n) is 6.57. The van der Waals surface area contributed by atoms with Crippen LogP contribution in [0.5, 0.6) is 0 Å². The molecule has 1 aliphatic rings. The third kappa shape index (κ3) is 3.02. The Balaban J connectivity index is 2.96. The molecule has 0 aliphatic carbocycles. The summed E-state index contributed by atoms with van der Waals surface area (Å²) < 4.78 is 6.19. The standard InChI is InChI=1S/C15H28O/c1-8-9-11-10-12(14(2,3)4)13(16-11)15(5,6)7/h11H,8-10H2,1-7H3. The monoisotopic (exact) mass is 224 g/mol. The first-order valence-corrected chi connectivity index (χ1v) is 6.57. The fourth-order valence-corrected chi connectivity index (χ4v) is 2.36.